The van der Waals surface area contributed by atoms with Crippen molar-refractivity contribution in [3.63, 3.8) is 0 Å². The second-order valence-electron chi connectivity index (χ2n) is 11.7. The Morgan fingerprint density at radius 3 is 2.58 bits per heavy atom. The molecule has 2 aliphatic carbocycles. The van der Waals surface area contributed by atoms with Crippen molar-refractivity contribution in [1.29, 1.82) is 0 Å². The summed E-state index contributed by atoms with van der Waals surface area (Å²) in [5, 5.41) is 3.02. The van der Waals surface area contributed by atoms with Crippen molar-refractivity contribution in [3.05, 3.63) is 64.4 Å². The number of halogens is 4. The fourth-order valence-corrected chi connectivity index (χ4v) is 8.26. The number of piperidine rings is 1. The quantitative estimate of drug-likeness (QED) is 0.428. The molecule has 38 heavy (non-hydrogen) atoms. The van der Waals surface area contributed by atoms with E-state index in [1.165, 1.54) is 16.8 Å². The lowest BCUT2D eigenvalue weighted by Crippen LogP contribution is -3.00. The van der Waals surface area contributed by atoms with E-state index in [4.69, 9.17) is 11.6 Å². The van der Waals surface area contributed by atoms with E-state index in [2.05, 4.69) is 51.6 Å². The van der Waals surface area contributed by atoms with Gasteiger partial charge in [-0.05, 0) is 86.4 Å². The van der Waals surface area contributed by atoms with Gasteiger partial charge in [0.15, 0.2) is 5.69 Å². The Bertz CT molecular complexity index is 1100. The van der Waals surface area contributed by atoms with Crippen LogP contribution in [-0.4, -0.2) is 42.7 Å². The fourth-order valence-electron chi connectivity index (χ4n) is 8.09. The number of nitrogens with zero attached hydrogens (tertiary/aromatic N) is 1. The Morgan fingerprint density at radius 1 is 1.05 bits per heavy atom. The summed E-state index contributed by atoms with van der Waals surface area (Å²) in [6.07, 6.45) is 7.56. The van der Waals surface area contributed by atoms with Gasteiger partial charge in [0, 0.05) is 30.6 Å². The van der Waals surface area contributed by atoms with Crippen molar-refractivity contribution in [1.82, 2.24) is 4.90 Å². The van der Waals surface area contributed by atoms with Crippen LogP contribution in [0.3, 0.4) is 0 Å². The number of aryl methyl sites for hydroxylation is 1. The number of likely N-dealkylation sites (tertiary alicyclic amines) is 1. The number of alkyl halides is 1. The molecule has 0 radical (unpaired) electrons. The summed E-state index contributed by atoms with van der Waals surface area (Å²) in [5.41, 5.74) is 3.78. The number of rotatable bonds is 3. The molecule has 1 aromatic carbocycles. The minimum atomic E-state index is -0.673. The summed E-state index contributed by atoms with van der Waals surface area (Å²) in [7, 11) is 0. The van der Waals surface area contributed by atoms with Gasteiger partial charge in [-0.25, -0.2) is 4.39 Å². The number of amides is 1. The molecule has 6 rings (SSSR count). The Morgan fingerprint density at radius 2 is 1.82 bits per heavy atom. The molecule has 2 saturated heterocycles. The van der Waals surface area contributed by atoms with Crippen LogP contribution in [0.15, 0.2) is 42.5 Å². The van der Waals surface area contributed by atoms with Crippen molar-refractivity contribution < 1.29 is 44.3 Å². The van der Waals surface area contributed by atoms with Crippen LogP contribution in [-0.2, 0) is 16.6 Å². The summed E-state index contributed by atoms with van der Waals surface area (Å²) >= 11 is 6.31. The highest BCUT2D eigenvalue weighted by molar-refractivity contribution is 6.28. The zero-order valence-corrected chi connectivity index (χ0v) is 24.1. The first-order valence-electron chi connectivity index (χ1n) is 14.1. The van der Waals surface area contributed by atoms with Crippen LogP contribution in [0.5, 0.6) is 0 Å². The Hall–Kier alpha value is -1.40. The van der Waals surface area contributed by atoms with Crippen molar-refractivity contribution in [3.8, 4) is 0 Å². The smallest absolute Gasteiger partial charge is 0.273 e. The molecule has 1 saturated carbocycles. The van der Waals surface area contributed by atoms with Gasteiger partial charge in [0.05, 0.1) is 18.5 Å². The maximum absolute atomic E-state index is 14.5. The number of nitrogens with two attached hydrogens (primary N) is 1. The number of carbonyl (C=O) groups is 1. The maximum atomic E-state index is 14.5. The largest absolute Gasteiger partial charge is 1.00 e. The second kappa shape index (κ2) is 12.4. The summed E-state index contributed by atoms with van der Waals surface area (Å²) < 4.78 is 14.1. The maximum Gasteiger partial charge on any atom is 0.273 e. The molecule has 3 heterocycles. The molecule has 0 bridgehead atoms. The normalized spacial score (nSPS) is 32.7. The molecule has 3 N–H and O–H groups in total. The van der Waals surface area contributed by atoms with Gasteiger partial charge in [0.25, 0.3) is 5.15 Å². The fraction of sp³-hybridized carbons (Fsp3) is 0.600. The number of benzene rings is 1. The zero-order chi connectivity index (χ0) is 24.7. The summed E-state index contributed by atoms with van der Waals surface area (Å²) in [4.78, 5) is 20.2. The van der Waals surface area contributed by atoms with E-state index in [1.807, 2.05) is 6.07 Å². The minimum absolute atomic E-state index is 0. The van der Waals surface area contributed by atoms with Crippen LogP contribution >= 0.6 is 11.6 Å². The molecule has 8 heteroatoms. The molecule has 2 aliphatic heterocycles. The van der Waals surface area contributed by atoms with Crippen LogP contribution in [0.25, 0.3) is 0 Å². The lowest BCUT2D eigenvalue weighted by atomic mass is 9.64. The predicted molar refractivity (Wildman–Crippen MR) is 139 cm³/mol. The average molecular weight is 583 g/mol. The number of fused-ring (bicyclic) bond motifs is 2. The zero-order valence-electron chi connectivity index (χ0n) is 21.9. The predicted octanol–water partition coefficient (Wildman–Crippen LogP) is -1.77. The number of pyridine rings is 1. The third-order valence-corrected chi connectivity index (χ3v) is 10.1. The molecule has 1 spiro atoms. The van der Waals surface area contributed by atoms with Gasteiger partial charge in [-0.2, -0.15) is 4.98 Å². The second-order valence-corrected chi connectivity index (χ2v) is 12.1. The van der Waals surface area contributed by atoms with E-state index in [9.17, 15) is 9.18 Å². The third-order valence-electron chi connectivity index (χ3n) is 9.90. The molecular weight excluding hydrogens is 544 g/mol. The van der Waals surface area contributed by atoms with Gasteiger partial charge in [-0.15, -0.1) is 0 Å². The summed E-state index contributed by atoms with van der Waals surface area (Å²) in [6.45, 7) is 2.62. The molecule has 1 aromatic heterocycles. The monoisotopic (exact) mass is 581 g/mol. The number of aromatic amines is 1. The number of aromatic nitrogens is 1. The highest BCUT2D eigenvalue weighted by Gasteiger charge is 2.56. The first-order valence-corrected chi connectivity index (χ1v) is 14.5. The van der Waals surface area contributed by atoms with Gasteiger partial charge in [-0.1, -0.05) is 30.3 Å². The molecule has 208 valence electrons. The van der Waals surface area contributed by atoms with Crippen LogP contribution in [0.2, 0.25) is 5.15 Å². The number of quaternary nitrogens is 1. The van der Waals surface area contributed by atoms with Crippen molar-refractivity contribution in [2.45, 2.75) is 81.3 Å². The van der Waals surface area contributed by atoms with E-state index >= 15 is 0 Å². The van der Waals surface area contributed by atoms with E-state index in [-0.39, 0.29) is 42.2 Å². The highest BCUT2D eigenvalue weighted by Crippen LogP contribution is 2.46. The van der Waals surface area contributed by atoms with Crippen molar-refractivity contribution in [2.24, 2.45) is 11.8 Å². The van der Waals surface area contributed by atoms with Gasteiger partial charge in [0.2, 0.25) is 5.91 Å². The molecule has 2 aromatic rings. The first-order chi connectivity index (χ1) is 17.5. The molecule has 1 amide bonds. The number of hydrogen-bond acceptors (Lipinski definition) is 1. The first kappa shape index (κ1) is 29.6. The molecule has 4 aliphatic rings. The van der Waals surface area contributed by atoms with Gasteiger partial charge < -0.3 is 35.0 Å². The lowest BCUT2D eigenvalue weighted by molar-refractivity contribution is -0.640. The summed E-state index contributed by atoms with van der Waals surface area (Å²) in [5.74, 6) is 1.20. The van der Waals surface area contributed by atoms with E-state index < -0.39 is 6.17 Å². The average Bonchev–Trinajstić information content (AvgIpc) is 3.32. The minimum Gasteiger partial charge on any atom is -1.00 e. The number of carbonyl (C=O) groups excluding carboxylic acids is 1. The third kappa shape index (κ3) is 5.46. The van der Waals surface area contributed by atoms with Crippen LogP contribution < -0.4 is 35.1 Å². The number of H-pyrrole nitrogens is 1. The number of nitrogens with one attached hydrogen (secondary N) is 1. The van der Waals surface area contributed by atoms with E-state index in [0.29, 0.717) is 35.7 Å². The SMILES string of the molecule is O=C(C1C[NH2+]C[C@]12CCCc1[nH+]c(Cl)ccc12)N1CC[C@H](c2ccccc2)C[C@H]1C1CCC(F)CC1.[Cl-].[Cl-]. The molecule has 3 fully saturated rings. The Kier molecular flexibility index (Phi) is 9.66. The van der Waals surface area contributed by atoms with Gasteiger partial charge in [0.1, 0.15) is 12.1 Å². The topological polar surface area (TPSA) is 51.1 Å². The van der Waals surface area contributed by atoms with Crippen molar-refractivity contribution >= 4 is 17.5 Å². The van der Waals surface area contributed by atoms with Gasteiger partial charge >= 0.3 is 0 Å². The Balaban J connectivity index is 0.00000168. The Labute approximate surface area is 243 Å². The summed E-state index contributed by atoms with van der Waals surface area (Å²) in [6, 6.07) is 15.1. The van der Waals surface area contributed by atoms with Crippen LogP contribution in [0.4, 0.5) is 4.39 Å². The number of hydrogen-bond donors (Lipinski definition) is 1. The van der Waals surface area contributed by atoms with Gasteiger partial charge in [-0.3, -0.25) is 4.79 Å². The van der Waals surface area contributed by atoms with E-state index in [0.717, 1.165) is 64.6 Å². The molecular formula is C30H39Cl3FN3O. The molecule has 4 atom stereocenters. The highest BCUT2D eigenvalue weighted by atomic mass is 35.5. The molecule has 1 unspecified atom stereocenters. The molecule has 4 nitrogen and oxygen atoms in total. The lowest BCUT2D eigenvalue weighted by Gasteiger charge is -2.47. The van der Waals surface area contributed by atoms with Crippen LogP contribution in [0, 0.1) is 11.8 Å². The standard InChI is InChI=1S/C30H37ClFN3O.2ClH/c31-28-13-12-24-26(34-28)7-4-15-30(24)19-33-18-25(30)29(36)35-16-14-22(20-5-2-1-3-6-20)17-27(35)21-8-10-23(32)11-9-21;;/h1-3,5-6,12-13,21-23,25,27,33H,4,7-11,14-19H2;2*1H/t21?,22-,23?,25?,27-,30-;;/m0../s1. The van der Waals surface area contributed by atoms with E-state index in [1.54, 1.807) is 0 Å². The van der Waals surface area contributed by atoms with Crippen LogP contribution in [0.1, 0.15) is 74.1 Å². The van der Waals surface area contributed by atoms with Crippen molar-refractivity contribution in [2.75, 3.05) is 19.6 Å².